The first kappa shape index (κ1) is 16.6. The van der Waals surface area contributed by atoms with Gasteiger partial charge in [-0.05, 0) is 12.0 Å². The van der Waals surface area contributed by atoms with Crippen molar-refractivity contribution in [1.29, 1.82) is 0 Å². The number of carbonyl (C=O) groups is 2. The van der Waals surface area contributed by atoms with E-state index in [1.807, 2.05) is 60.7 Å². The van der Waals surface area contributed by atoms with E-state index in [0.717, 1.165) is 17.4 Å². The van der Waals surface area contributed by atoms with Gasteiger partial charge < -0.3 is 14.5 Å². The summed E-state index contributed by atoms with van der Waals surface area (Å²) in [6.45, 7) is 1.68. The number of oxazole rings is 1. The molecular formula is C20H18N2O3. The average molecular weight is 334 g/mol. The van der Waals surface area contributed by atoms with Gasteiger partial charge in [-0.2, -0.15) is 0 Å². The molecule has 0 saturated heterocycles. The van der Waals surface area contributed by atoms with Crippen LogP contribution in [0.5, 0.6) is 0 Å². The summed E-state index contributed by atoms with van der Waals surface area (Å²) >= 11 is 0. The summed E-state index contributed by atoms with van der Waals surface area (Å²) in [4.78, 5) is 28.3. The van der Waals surface area contributed by atoms with Crippen molar-refractivity contribution in [3.8, 4) is 11.3 Å². The third-order valence-corrected chi connectivity index (χ3v) is 3.77. The van der Waals surface area contributed by atoms with E-state index >= 15 is 0 Å². The summed E-state index contributed by atoms with van der Waals surface area (Å²) in [6.07, 6.45) is 1.15. The standard InChI is InChI=1S/C20H18N2O3/c1-14-21-18(16-10-6-3-7-11-16)19(25-14)20(24)22-17(13-23)12-15-8-4-2-5-9-15/h2-11,13,17H,12H2,1H3,(H,22,24). The number of benzene rings is 2. The number of hydrogen-bond donors (Lipinski definition) is 1. The molecule has 126 valence electrons. The van der Waals surface area contributed by atoms with Crippen LogP contribution in [-0.4, -0.2) is 23.2 Å². The maximum Gasteiger partial charge on any atom is 0.289 e. The van der Waals surface area contributed by atoms with Crippen molar-refractivity contribution < 1.29 is 14.0 Å². The van der Waals surface area contributed by atoms with E-state index in [9.17, 15) is 9.59 Å². The van der Waals surface area contributed by atoms with Crippen molar-refractivity contribution in [3.05, 3.63) is 77.9 Å². The van der Waals surface area contributed by atoms with Crippen molar-refractivity contribution in [1.82, 2.24) is 10.3 Å². The molecule has 0 fully saturated rings. The first-order valence-corrected chi connectivity index (χ1v) is 8.00. The molecule has 0 aliphatic heterocycles. The number of aryl methyl sites for hydroxylation is 1. The molecule has 0 saturated carbocycles. The van der Waals surface area contributed by atoms with Gasteiger partial charge in [0.1, 0.15) is 12.0 Å². The largest absolute Gasteiger partial charge is 0.435 e. The molecule has 5 heteroatoms. The van der Waals surface area contributed by atoms with Gasteiger partial charge in [-0.3, -0.25) is 4.79 Å². The van der Waals surface area contributed by atoms with E-state index in [2.05, 4.69) is 10.3 Å². The van der Waals surface area contributed by atoms with Gasteiger partial charge in [-0.25, -0.2) is 4.98 Å². The van der Waals surface area contributed by atoms with Crippen LogP contribution in [0.2, 0.25) is 0 Å². The number of carbonyl (C=O) groups excluding carboxylic acids is 2. The number of rotatable bonds is 6. The lowest BCUT2D eigenvalue weighted by Gasteiger charge is -2.12. The van der Waals surface area contributed by atoms with Crippen molar-refractivity contribution in [2.75, 3.05) is 0 Å². The minimum absolute atomic E-state index is 0.114. The molecule has 0 aliphatic rings. The van der Waals surface area contributed by atoms with E-state index < -0.39 is 11.9 Å². The van der Waals surface area contributed by atoms with Crippen LogP contribution in [-0.2, 0) is 11.2 Å². The number of amides is 1. The zero-order valence-electron chi connectivity index (χ0n) is 13.8. The van der Waals surface area contributed by atoms with Gasteiger partial charge in [-0.15, -0.1) is 0 Å². The van der Waals surface area contributed by atoms with E-state index in [-0.39, 0.29) is 5.76 Å². The second kappa shape index (κ2) is 7.57. The molecule has 25 heavy (non-hydrogen) atoms. The Morgan fingerprint density at radius 1 is 1.12 bits per heavy atom. The minimum Gasteiger partial charge on any atom is -0.435 e. The van der Waals surface area contributed by atoms with Gasteiger partial charge in [0.25, 0.3) is 5.91 Å². The number of aromatic nitrogens is 1. The Bertz CT molecular complexity index is 857. The first-order chi connectivity index (χ1) is 12.2. The molecule has 5 nitrogen and oxygen atoms in total. The van der Waals surface area contributed by atoms with Crippen molar-refractivity contribution in [3.63, 3.8) is 0 Å². The lowest BCUT2D eigenvalue weighted by atomic mass is 10.1. The van der Waals surface area contributed by atoms with Crippen LogP contribution < -0.4 is 5.32 Å². The molecular weight excluding hydrogens is 316 g/mol. The van der Waals surface area contributed by atoms with E-state index in [1.54, 1.807) is 6.92 Å². The van der Waals surface area contributed by atoms with Crippen molar-refractivity contribution in [2.45, 2.75) is 19.4 Å². The SMILES string of the molecule is Cc1nc(-c2ccccc2)c(C(=O)NC(C=O)Cc2ccccc2)o1. The van der Waals surface area contributed by atoms with E-state index in [4.69, 9.17) is 4.42 Å². The predicted octanol–water partition coefficient (Wildman–Crippen LogP) is 3.19. The summed E-state index contributed by atoms with van der Waals surface area (Å²) in [5.41, 5.74) is 2.23. The Morgan fingerprint density at radius 3 is 2.40 bits per heavy atom. The fourth-order valence-corrected chi connectivity index (χ4v) is 2.61. The number of hydrogen-bond acceptors (Lipinski definition) is 4. The average Bonchev–Trinajstić information content (AvgIpc) is 3.04. The van der Waals surface area contributed by atoms with Gasteiger partial charge in [0.15, 0.2) is 5.89 Å². The molecule has 1 atom stereocenters. The first-order valence-electron chi connectivity index (χ1n) is 8.00. The van der Waals surface area contributed by atoms with E-state index in [1.165, 1.54) is 0 Å². The highest BCUT2D eigenvalue weighted by atomic mass is 16.4. The number of nitrogens with zero attached hydrogens (tertiary/aromatic N) is 1. The summed E-state index contributed by atoms with van der Waals surface area (Å²) in [7, 11) is 0. The van der Waals surface area contributed by atoms with Gasteiger partial charge in [0, 0.05) is 12.5 Å². The summed E-state index contributed by atoms with van der Waals surface area (Å²) in [5, 5.41) is 2.71. The van der Waals surface area contributed by atoms with Crippen LogP contribution in [0.3, 0.4) is 0 Å². The fourth-order valence-electron chi connectivity index (χ4n) is 2.61. The summed E-state index contributed by atoms with van der Waals surface area (Å²) < 4.78 is 5.49. The lowest BCUT2D eigenvalue weighted by molar-refractivity contribution is -0.109. The Morgan fingerprint density at radius 2 is 1.76 bits per heavy atom. The summed E-state index contributed by atoms with van der Waals surface area (Å²) in [6, 6.07) is 18.2. The normalized spacial score (nSPS) is 11.7. The highest BCUT2D eigenvalue weighted by Crippen LogP contribution is 2.23. The molecule has 0 bridgehead atoms. The quantitative estimate of drug-likeness (QED) is 0.703. The highest BCUT2D eigenvalue weighted by molar-refractivity contribution is 5.98. The lowest BCUT2D eigenvalue weighted by Crippen LogP contribution is -2.37. The second-order valence-electron chi connectivity index (χ2n) is 5.68. The minimum atomic E-state index is -0.635. The maximum atomic E-state index is 12.6. The molecule has 1 unspecified atom stereocenters. The molecule has 1 heterocycles. The van der Waals surface area contributed by atoms with Crippen LogP contribution >= 0.6 is 0 Å². The smallest absolute Gasteiger partial charge is 0.289 e. The van der Waals surface area contributed by atoms with Crippen LogP contribution in [0.4, 0.5) is 0 Å². The number of aldehydes is 1. The zero-order chi connectivity index (χ0) is 17.6. The molecule has 0 aliphatic carbocycles. The maximum absolute atomic E-state index is 12.6. The van der Waals surface area contributed by atoms with Crippen LogP contribution in [0.1, 0.15) is 22.0 Å². The third-order valence-electron chi connectivity index (χ3n) is 3.77. The molecule has 1 amide bonds. The molecule has 0 radical (unpaired) electrons. The molecule has 2 aromatic carbocycles. The molecule has 1 aromatic heterocycles. The molecule has 1 N–H and O–H groups in total. The zero-order valence-corrected chi connectivity index (χ0v) is 13.8. The molecule has 0 spiro atoms. The van der Waals surface area contributed by atoms with Crippen molar-refractivity contribution >= 4 is 12.2 Å². The topological polar surface area (TPSA) is 72.2 Å². The number of nitrogens with one attached hydrogen (secondary N) is 1. The predicted molar refractivity (Wildman–Crippen MR) is 94.1 cm³/mol. The fraction of sp³-hybridized carbons (Fsp3) is 0.150. The second-order valence-corrected chi connectivity index (χ2v) is 5.68. The van der Waals surface area contributed by atoms with E-state index in [0.29, 0.717) is 18.0 Å². The summed E-state index contributed by atoms with van der Waals surface area (Å²) in [5.74, 6) is 0.0609. The molecule has 3 aromatic rings. The highest BCUT2D eigenvalue weighted by Gasteiger charge is 2.22. The van der Waals surface area contributed by atoms with Crippen molar-refractivity contribution in [2.24, 2.45) is 0 Å². The Labute approximate surface area is 145 Å². The van der Waals surface area contributed by atoms with Gasteiger partial charge in [0.2, 0.25) is 5.76 Å². The Balaban J connectivity index is 1.80. The van der Waals surface area contributed by atoms with Gasteiger partial charge in [-0.1, -0.05) is 60.7 Å². The monoisotopic (exact) mass is 334 g/mol. The van der Waals surface area contributed by atoms with Crippen LogP contribution in [0.15, 0.2) is 65.1 Å². The van der Waals surface area contributed by atoms with Crippen LogP contribution in [0.25, 0.3) is 11.3 Å². The third kappa shape index (κ3) is 4.01. The Kier molecular flexibility index (Phi) is 5.04. The Hall–Kier alpha value is -3.21. The van der Waals surface area contributed by atoms with Gasteiger partial charge in [0.05, 0.1) is 6.04 Å². The molecule has 3 rings (SSSR count). The van der Waals surface area contributed by atoms with Crippen LogP contribution in [0, 0.1) is 6.92 Å². The van der Waals surface area contributed by atoms with Gasteiger partial charge >= 0.3 is 0 Å².